The Kier molecular flexibility index (Phi) is 18.7. The van der Waals surface area contributed by atoms with Gasteiger partial charge in [-0.15, -0.1) is 0 Å². The predicted octanol–water partition coefficient (Wildman–Crippen LogP) is 6.83. The molecule has 3 atom stereocenters. The van der Waals surface area contributed by atoms with Gasteiger partial charge in [0.15, 0.2) is 6.29 Å². The summed E-state index contributed by atoms with van der Waals surface area (Å²) in [6, 6.07) is 0. The third kappa shape index (κ3) is 16.5. The molecule has 0 aromatic carbocycles. The molecule has 0 aromatic rings. The summed E-state index contributed by atoms with van der Waals surface area (Å²) < 4.78 is 24.4. The van der Waals surface area contributed by atoms with Crippen LogP contribution in [0.1, 0.15) is 104 Å². The fraction of sp³-hybridized carbons (Fsp3) is 1.00. The number of likely N-dealkylation sites (N-methyl/N-ethyl adjacent to an activating group) is 1. The summed E-state index contributed by atoms with van der Waals surface area (Å²) in [5, 5.41) is 0. The third-order valence-corrected chi connectivity index (χ3v) is 7.40. The van der Waals surface area contributed by atoms with Gasteiger partial charge in [-0.3, -0.25) is 0 Å². The van der Waals surface area contributed by atoms with Gasteiger partial charge in [0.2, 0.25) is 0 Å². The van der Waals surface area contributed by atoms with Crippen molar-refractivity contribution in [3.63, 3.8) is 0 Å². The van der Waals surface area contributed by atoms with E-state index in [0.29, 0.717) is 13.2 Å². The van der Waals surface area contributed by atoms with E-state index in [-0.39, 0.29) is 12.4 Å². The maximum absolute atomic E-state index is 6.18. The molecule has 0 aromatic heterocycles. The van der Waals surface area contributed by atoms with E-state index in [1.165, 1.54) is 83.5 Å². The van der Waals surface area contributed by atoms with Crippen LogP contribution in [-0.2, 0) is 18.9 Å². The van der Waals surface area contributed by atoms with Gasteiger partial charge >= 0.3 is 0 Å². The summed E-state index contributed by atoms with van der Waals surface area (Å²) in [5.41, 5.74) is 0. The number of hydrogen-bond acceptors (Lipinski definition) is 4. The van der Waals surface area contributed by atoms with E-state index < -0.39 is 0 Å². The molecule has 5 nitrogen and oxygen atoms in total. The van der Waals surface area contributed by atoms with E-state index in [1.807, 2.05) is 6.92 Å². The molecule has 34 heavy (non-hydrogen) atoms. The number of quaternary nitrogens is 1. The lowest BCUT2D eigenvalue weighted by atomic mass is 9.76. The van der Waals surface area contributed by atoms with Crippen LogP contribution in [0.2, 0.25) is 0 Å². The molecule has 0 spiro atoms. The summed E-state index contributed by atoms with van der Waals surface area (Å²) in [5.74, 6) is 1.70. The van der Waals surface area contributed by atoms with Gasteiger partial charge in [-0.05, 0) is 25.2 Å². The molecule has 1 aliphatic rings. The standard InChI is InChI=1S/C29H60NO4/c1-7-8-9-10-11-12-14-19-28(27-17-15-13-16-18-27)20-22-34-29(31-6)26(2)33-25-24-32-23-21-30(3,4)5/h26-29H,7-25H2,1-6H3/q+1. The van der Waals surface area contributed by atoms with E-state index in [1.54, 1.807) is 7.11 Å². The third-order valence-electron chi connectivity index (χ3n) is 7.40. The van der Waals surface area contributed by atoms with Crippen molar-refractivity contribution >= 4 is 0 Å². The number of methoxy groups -OCH3 is 1. The number of unbranched alkanes of at least 4 members (excludes halogenated alkanes) is 6. The molecular weight excluding hydrogens is 426 g/mol. The molecule has 0 amide bonds. The van der Waals surface area contributed by atoms with Gasteiger partial charge < -0.3 is 23.4 Å². The van der Waals surface area contributed by atoms with Gasteiger partial charge in [0.1, 0.15) is 12.6 Å². The Bertz CT molecular complexity index is 448. The first-order valence-corrected chi connectivity index (χ1v) is 14.5. The number of hydrogen-bond donors (Lipinski definition) is 0. The highest BCUT2D eigenvalue weighted by Gasteiger charge is 2.24. The van der Waals surface area contributed by atoms with Crippen LogP contribution in [0.25, 0.3) is 0 Å². The van der Waals surface area contributed by atoms with Gasteiger partial charge in [0.05, 0.1) is 47.6 Å². The molecule has 0 N–H and O–H groups in total. The van der Waals surface area contributed by atoms with Gasteiger partial charge in [0, 0.05) is 7.11 Å². The minimum Gasteiger partial charge on any atom is -0.373 e. The first-order valence-electron chi connectivity index (χ1n) is 14.5. The zero-order valence-electron chi connectivity index (χ0n) is 23.8. The smallest absolute Gasteiger partial charge is 0.183 e. The van der Waals surface area contributed by atoms with Gasteiger partial charge in [0.25, 0.3) is 0 Å². The van der Waals surface area contributed by atoms with Crippen molar-refractivity contribution in [1.29, 1.82) is 0 Å². The lowest BCUT2D eigenvalue weighted by molar-refractivity contribution is -0.870. The van der Waals surface area contributed by atoms with Crippen LogP contribution in [-0.4, -0.2) is 78.1 Å². The zero-order valence-corrected chi connectivity index (χ0v) is 23.8. The second-order valence-electron chi connectivity index (χ2n) is 11.5. The first-order chi connectivity index (χ1) is 16.4. The average Bonchev–Trinajstić information content (AvgIpc) is 2.81. The Balaban J connectivity index is 2.29. The SMILES string of the molecule is CCCCCCCCCC(CCOC(OC)C(C)OCCOCC[N+](C)(C)C)C1CCCCC1. The van der Waals surface area contributed by atoms with Crippen molar-refractivity contribution in [3.8, 4) is 0 Å². The molecule has 3 unspecified atom stereocenters. The van der Waals surface area contributed by atoms with Crippen LogP contribution in [0.4, 0.5) is 0 Å². The molecule has 0 bridgehead atoms. The number of nitrogens with zero attached hydrogens (tertiary/aromatic N) is 1. The second kappa shape index (κ2) is 19.9. The molecule has 1 rings (SSSR count). The van der Waals surface area contributed by atoms with E-state index >= 15 is 0 Å². The van der Waals surface area contributed by atoms with Crippen molar-refractivity contribution in [2.75, 3.05) is 61.2 Å². The lowest BCUT2D eigenvalue weighted by Crippen LogP contribution is -2.38. The van der Waals surface area contributed by atoms with Crippen molar-refractivity contribution in [2.45, 2.75) is 116 Å². The Hall–Kier alpha value is -0.200. The zero-order chi connectivity index (χ0) is 25.1. The molecule has 0 aliphatic heterocycles. The monoisotopic (exact) mass is 486 g/mol. The first kappa shape index (κ1) is 31.8. The minimum absolute atomic E-state index is 0.0942. The average molecular weight is 487 g/mol. The highest BCUT2D eigenvalue weighted by molar-refractivity contribution is 4.74. The van der Waals surface area contributed by atoms with Crippen molar-refractivity contribution in [3.05, 3.63) is 0 Å². The van der Waals surface area contributed by atoms with Crippen LogP contribution in [0.3, 0.4) is 0 Å². The van der Waals surface area contributed by atoms with E-state index in [9.17, 15) is 0 Å². The van der Waals surface area contributed by atoms with Crippen molar-refractivity contribution < 1.29 is 23.4 Å². The lowest BCUT2D eigenvalue weighted by Gasteiger charge is -2.31. The maximum atomic E-state index is 6.18. The second-order valence-corrected chi connectivity index (χ2v) is 11.5. The normalized spacial score (nSPS) is 18.2. The largest absolute Gasteiger partial charge is 0.373 e. The molecule has 1 saturated carbocycles. The molecule has 0 heterocycles. The molecule has 0 saturated heterocycles. The molecule has 1 aliphatic carbocycles. The van der Waals surface area contributed by atoms with Gasteiger partial charge in [-0.2, -0.15) is 0 Å². The van der Waals surface area contributed by atoms with Crippen molar-refractivity contribution in [1.82, 2.24) is 0 Å². The molecular formula is C29H60NO4+. The number of rotatable bonds is 22. The highest BCUT2D eigenvalue weighted by Crippen LogP contribution is 2.35. The quantitative estimate of drug-likeness (QED) is 0.0954. The van der Waals surface area contributed by atoms with Crippen LogP contribution < -0.4 is 0 Å². The Morgan fingerprint density at radius 1 is 0.765 bits per heavy atom. The maximum Gasteiger partial charge on any atom is 0.183 e. The van der Waals surface area contributed by atoms with Crippen molar-refractivity contribution in [2.24, 2.45) is 11.8 Å². The highest BCUT2D eigenvalue weighted by atomic mass is 16.7. The fourth-order valence-corrected chi connectivity index (χ4v) is 5.13. The van der Waals surface area contributed by atoms with Crippen LogP contribution in [0.15, 0.2) is 0 Å². The molecule has 0 radical (unpaired) electrons. The summed E-state index contributed by atoms with van der Waals surface area (Å²) in [6.45, 7) is 8.04. The predicted molar refractivity (Wildman–Crippen MR) is 143 cm³/mol. The van der Waals surface area contributed by atoms with Gasteiger partial charge in [-0.25, -0.2) is 0 Å². The van der Waals surface area contributed by atoms with E-state index in [2.05, 4.69) is 28.1 Å². The van der Waals surface area contributed by atoms with Gasteiger partial charge in [-0.1, -0.05) is 90.4 Å². The van der Waals surface area contributed by atoms with E-state index in [0.717, 1.165) is 42.5 Å². The molecule has 1 fully saturated rings. The Morgan fingerprint density at radius 3 is 2.09 bits per heavy atom. The minimum atomic E-state index is -0.309. The number of ether oxygens (including phenoxy) is 4. The van der Waals surface area contributed by atoms with Crippen LogP contribution in [0.5, 0.6) is 0 Å². The Labute approximate surface area is 212 Å². The van der Waals surface area contributed by atoms with Crippen LogP contribution >= 0.6 is 0 Å². The van der Waals surface area contributed by atoms with E-state index in [4.69, 9.17) is 18.9 Å². The Morgan fingerprint density at radius 2 is 1.44 bits per heavy atom. The fourth-order valence-electron chi connectivity index (χ4n) is 5.13. The summed E-state index contributed by atoms with van der Waals surface area (Å²) in [7, 11) is 8.25. The molecule has 204 valence electrons. The summed E-state index contributed by atoms with van der Waals surface area (Å²) in [6.07, 6.45) is 19.0. The summed E-state index contributed by atoms with van der Waals surface area (Å²) in [4.78, 5) is 0. The molecule has 5 heteroatoms. The summed E-state index contributed by atoms with van der Waals surface area (Å²) >= 11 is 0. The topological polar surface area (TPSA) is 36.9 Å². The van der Waals surface area contributed by atoms with Crippen LogP contribution in [0, 0.1) is 11.8 Å².